The third kappa shape index (κ3) is 6.09. The zero-order valence-electron chi connectivity index (χ0n) is 17.7. The molecule has 164 valence electrons. The number of nitrogens with zero attached hydrogens (tertiary/aromatic N) is 1. The Balaban J connectivity index is 1.57. The topological polar surface area (TPSA) is 98.2 Å². The first-order valence-electron chi connectivity index (χ1n) is 9.73. The molecule has 0 saturated heterocycles. The van der Waals surface area contributed by atoms with Gasteiger partial charge in [0.2, 0.25) is 0 Å². The molecular formula is C24H23N3O5. The fourth-order valence-electron chi connectivity index (χ4n) is 2.76. The van der Waals surface area contributed by atoms with E-state index < -0.39 is 11.8 Å². The number of hydrazone groups is 1. The maximum absolute atomic E-state index is 12.1. The average molecular weight is 433 g/mol. The average Bonchev–Trinajstić information content (AvgIpc) is 2.83. The first kappa shape index (κ1) is 22.4. The molecule has 0 aliphatic heterocycles. The number of hydrogen-bond donors (Lipinski definition) is 2. The summed E-state index contributed by atoms with van der Waals surface area (Å²) >= 11 is 0. The Hall–Kier alpha value is -4.33. The van der Waals surface area contributed by atoms with Crippen molar-refractivity contribution in [1.82, 2.24) is 5.43 Å². The molecule has 0 bridgehead atoms. The van der Waals surface area contributed by atoms with Gasteiger partial charge in [-0.15, -0.1) is 0 Å². The SMILES string of the molecule is COc1ccccc1NC(=O)C(=O)N/N=C\c1ccc(OCc2ccccc2)c(OC)c1. The van der Waals surface area contributed by atoms with Crippen molar-refractivity contribution in [3.63, 3.8) is 0 Å². The number of nitrogens with one attached hydrogen (secondary N) is 2. The van der Waals surface area contributed by atoms with Crippen LogP contribution in [-0.2, 0) is 16.2 Å². The Kier molecular flexibility index (Phi) is 7.80. The highest BCUT2D eigenvalue weighted by molar-refractivity contribution is 6.39. The Morgan fingerprint density at radius 1 is 0.844 bits per heavy atom. The predicted octanol–water partition coefficient (Wildman–Crippen LogP) is 3.37. The van der Waals surface area contributed by atoms with Crippen LogP contribution < -0.4 is 25.0 Å². The van der Waals surface area contributed by atoms with E-state index in [1.54, 1.807) is 42.5 Å². The number of anilines is 1. The number of carbonyl (C=O) groups excluding carboxylic acids is 2. The molecule has 8 heteroatoms. The molecule has 0 fully saturated rings. The Bertz CT molecular complexity index is 1100. The molecule has 0 unspecified atom stereocenters. The highest BCUT2D eigenvalue weighted by Crippen LogP contribution is 2.28. The third-order valence-electron chi connectivity index (χ3n) is 4.37. The van der Waals surface area contributed by atoms with Gasteiger partial charge in [-0.1, -0.05) is 42.5 Å². The number of ether oxygens (including phenoxy) is 3. The van der Waals surface area contributed by atoms with E-state index >= 15 is 0 Å². The van der Waals surface area contributed by atoms with Crippen LogP contribution in [-0.4, -0.2) is 32.2 Å². The lowest BCUT2D eigenvalue weighted by molar-refractivity contribution is -0.136. The van der Waals surface area contributed by atoms with E-state index in [4.69, 9.17) is 14.2 Å². The van der Waals surface area contributed by atoms with Crippen molar-refractivity contribution in [2.24, 2.45) is 5.10 Å². The summed E-state index contributed by atoms with van der Waals surface area (Å²) in [7, 11) is 3.01. The summed E-state index contributed by atoms with van der Waals surface area (Å²) < 4.78 is 16.3. The van der Waals surface area contributed by atoms with E-state index in [2.05, 4.69) is 15.8 Å². The third-order valence-corrected chi connectivity index (χ3v) is 4.37. The Morgan fingerprint density at radius 2 is 1.56 bits per heavy atom. The molecule has 32 heavy (non-hydrogen) atoms. The zero-order valence-corrected chi connectivity index (χ0v) is 17.7. The standard InChI is InChI=1S/C24H23N3O5/c1-30-20-11-7-6-10-19(20)26-23(28)24(29)27-25-15-18-12-13-21(22(14-18)31-2)32-16-17-8-4-3-5-9-17/h3-15H,16H2,1-2H3,(H,26,28)(H,27,29)/b25-15-. The van der Waals surface area contributed by atoms with Crippen molar-refractivity contribution in [3.05, 3.63) is 83.9 Å². The minimum atomic E-state index is -0.915. The van der Waals surface area contributed by atoms with Crippen LogP contribution >= 0.6 is 0 Å². The number of methoxy groups -OCH3 is 2. The molecule has 3 aromatic rings. The van der Waals surface area contributed by atoms with Crippen LogP contribution in [0.3, 0.4) is 0 Å². The second-order valence-electron chi connectivity index (χ2n) is 6.54. The van der Waals surface area contributed by atoms with Gasteiger partial charge in [0.15, 0.2) is 11.5 Å². The van der Waals surface area contributed by atoms with Crippen molar-refractivity contribution >= 4 is 23.7 Å². The van der Waals surface area contributed by atoms with Gasteiger partial charge in [0.25, 0.3) is 0 Å². The van der Waals surface area contributed by atoms with E-state index in [1.165, 1.54) is 20.4 Å². The lowest BCUT2D eigenvalue weighted by atomic mass is 10.2. The minimum absolute atomic E-state index is 0.384. The molecule has 2 amide bonds. The highest BCUT2D eigenvalue weighted by atomic mass is 16.5. The van der Waals surface area contributed by atoms with Crippen molar-refractivity contribution in [2.45, 2.75) is 6.61 Å². The molecule has 0 spiro atoms. The van der Waals surface area contributed by atoms with Crippen molar-refractivity contribution < 1.29 is 23.8 Å². The molecule has 0 radical (unpaired) electrons. The monoisotopic (exact) mass is 433 g/mol. The van der Waals surface area contributed by atoms with Gasteiger partial charge in [-0.2, -0.15) is 5.10 Å². The summed E-state index contributed by atoms with van der Waals surface area (Å²) in [4.78, 5) is 24.1. The van der Waals surface area contributed by atoms with Crippen LogP contribution in [0.1, 0.15) is 11.1 Å². The molecule has 8 nitrogen and oxygen atoms in total. The van der Waals surface area contributed by atoms with E-state index in [1.807, 2.05) is 30.3 Å². The first-order valence-corrected chi connectivity index (χ1v) is 9.73. The van der Waals surface area contributed by atoms with Crippen molar-refractivity contribution in [3.8, 4) is 17.2 Å². The summed E-state index contributed by atoms with van der Waals surface area (Å²) in [5, 5.41) is 6.31. The van der Waals surface area contributed by atoms with Gasteiger partial charge < -0.3 is 19.5 Å². The van der Waals surface area contributed by atoms with E-state index in [0.717, 1.165) is 5.56 Å². The van der Waals surface area contributed by atoms with Gasteiger partial charge in [0.1, 0.15) is 12.4 Å². The van der Waals surface area contributed by atoms with Crippen LogP contribution in [0.2, 0.25) is 0 Å². The Morgan fingerprint density at radius 3 is 2.31 bits per heavy atom. The number of para-hydroxylation sites is 2. The molecule has 0 atom stereocenters. The molecule has 0 aromatic heterocycles. The van der Waals surface area contributed by atoms with Crippen LogP contribution in [0.25, 0.3) is 0 Å². The number of amides is 2. The van der Waals surface area contributed by atoms with Crippen LogP contribution in [0.15, 0.2) is 77.9 Å². The molecule has 0 aliphatic rings. The Labute approximate surface area is 185 Å². The summed E-state index contributed by atoms with van der Waals surface area (Å²) in [5.74, 6) is -0.242. The number of hydrogen-bond acceptors (Lipinski definition) is 6. The molecule has 0 aliphatic carbocycles. The molecular weight excluding hydrogens is 410 g/mol. The quantitative estimate of drug-likeness (QED) is 0.322. The minimum Gasteiger partial charge on any atom is -0.495 e. The second-order valence-corrected chi connectivity index (χ2v) is 6.54. The summed E-state index contributed by atoms with van der Waals surface area (Å²) in [6, 6.07) is 21.8. The van der Waals surface area contributed by atoms with E-state index in [-0.39, 0.29) is 0 Å². The summed E-state index contributed by atoms with van der Waals surface area (Å²) in [5.41, 5.74) is 4.27. The van der Waals surface area contributed by atoms with Crippen LogP contribution in [0, 0.1) is 0 Å². The van der Waals surface area contributed by atoms with Crippen LogP contribution in [0.5, 0.6) is 17.2 Å². The van der Waals surface area contributed by atoms with E-state index in [0.29, 0.717) is 35.1 Å². The lowest BCUT2D eigenvalue weighted by Crippen LogP contribution is -2.32. The number of rotatable bonds is 8. The highest BCUT2D eigenvalue weighted by Gasteiger charge is 2.15. The lowest BCUT2D eigenvalue weighted by Gasteiger charge is -2.11. The zero-order chi connectivity index (χ0) is 22.8. The van der Waals surface area contributed by atoms with E-state index in [9.17, 15) is 9.59 Å². The molecule has 2 N–H and O–H groups in total. The number of benzene rings is 3. The van der Waals surface area contributed by atoms with Gasteiger partial charge in [-0.3, -0.25) is 9.59 Å². The molecule has 0 saturated carbocycles. The smallest absolute Gasteiger partial charge is 0.329 e. The largest absolute Gasteiger partial charge is 0.495 e. The first-order chi connectivity index (χ1) is 15.6. The predicted molar refractivity (Wildman–Crippen MR) is 121 cm³/mol. The fraction of sp³-hybridized carbons (Fsp3) is 0.125. The maximum Gasteiger partial charge on any atom is 0.329 e. The maximum atomic E-state index is 12.1. The van der Waals surface area contributed by atoms with Gasteiger partial charge in [-0.05, 0) is 41.5 Å². The van der Waals surface area contributed by atoms with Gasteiger partial charge in [0.05, 0.1) is 26.1 Å². The second kappa shape index (κ2) is 11.2. The molecule has 3 rings (SSSR count). The normalized spacial score (nSPS) is 10.4. The molecule has 3 aromatic carbocycles. The van der Waals surface area contributed by atoms with Gasteiger partial charge in [-0.25, -0.2) is 5.43 Å². The number of carbonyl (C=O) groups is 2. The van der Waals surface area contributed by atoms with Gasteiger partial charge in [0, 0.05) is 0 Å². The van der Waals surface area contributed by atoms with Crippen LogP contribution in [0.4, 0.5) is 5.69 Å². The summed E-state index contributed by atoms with van der Waals surface area (Å²) in [6.07, 6.45) is 1.40. The van der Waals surface area contributed by atoms with Crippen molar-refractivity contribution in [1.29, 1.82) is 0 Å². The van der Waals surface area contributed by atoms with Crippen molar-refractivity contribution in [2.75, 3.05) is 19.5 Å². The summed E-state index contributed by atoms with van der Waals surface area (Å²) in [6.45, 7) is 0.405. The molecule has 0 heterocycles. The van der Waals surface area contributed by atoms with Gasteiger partial charge >= 0.3 is 11.8 Å². The fourth-order valence-corrected chi connectivity index (χ4v) is 2.76.